The molecule has 5 heteroatoms. The molecule has 2 saturated heterocycles. The van der Waals surface area contributed by atoms with Crippen molar-refractivity contribution in [2.45, 2.75) is 69.6 Å². The number of carbonyl (C=O) groups is 1. The second-order valence-corrected chi connectivity index (χ2v) is 14.7. The Morgan fingerprint density at radius 1 is 1.07 bits per heavy atom. The van der Waals surface area contributed by atoms with Crippen molar-refractivity contribution in [2.24, 2.45) is 0 Å². The van der Waals surface area contributed by atoms with E-state index < -0.39 is 13.7 Å². The summed E-state index contributed by atoms with van der Waals surface area (Å²) in [5.74, 6) is 0. The Bertz CT molecular complexity index is 863. The van der Waals surface area contributed by atoms with Gasteiger partial charge in [0.2, 0.25) is 0 Å². The van der Waals surface area contributed by atoms with E-state index in [1.165, 1.54) is 5.19 Å². The van der Waals surface area contributed by atoms with Crippen molar-refractivity contribution in [1.82, 2.24) is 4.90 Å². The Morgan fingerprint density at radius 2 is 1.72 bits per heavy atom. The van der Waals surface area contributed by atoms with Crippen LogP contribution in [0.2, 0.25) is 19.6 Å². The molecule has 2 unspecified atom stereocenters. The first kappa shape index (κ1) is 20.2. The summed E-state index contributed by atoms with van der Waals surface area (Å²) >= 11 is 0. The minimum Gasteiger partial charge on any atom is -0.445 e. The van der Waals surface area contributed by atoms with Crippen LogP contribution in [0, 0.1) is 0 Å². The molecule has 1 N–H and O–H groups in total. The zero-order chi connectivity index (χ0) is 20.6. The van der Waals surface area contributed by atoms with Crippen LogP contribution in [-0.4, -0.2) is 36.3 Å². The van der Waals surface area contributed by atoms with Gasteiger partial charge in [-0.3, -0.25) is 0 Å². The van der Waals surface area contributed by atoms with E-state index in [0.717, 1.165) is 24.0 Å². The fraction of sp³-hybridized carbons (Fsp3) is 0.458. The maximum Gasteiger partial charge on any atom is 0.410 e. The van der Waals surface area contributed by atoms with Crippen molar-refractivity contribution in [3.63, 3.8) is 0 Å². The number of hydrogen-bond acceptors (Lipinski definition) is 3. The number of carbonyl (C=O) groups excluding carboxylic acids is 1. The number of benzene rings is 2. The number of ether oxygens (including phenoxy) is 1. The van der Waals surface area contributed by atoms with Crippen LogP contribution in [0.5, 0.6) is 0 Å². The number of hydrogen-bond donors (Lipinski definition) is 1. The summed E-state index contributed by atoms with van der Waals surface area (Å²) in [6.07, 6.45) is 2.78. The first-order valence-electron chi connectivity index (χ1n) is 10.6. The van der Waals surface area contributed by atoms with E-state index in [1.54, 1.807) is 0 Å². The molecule has 2 aliphatic heterocycles. The second kappa shape index (κ2) is 7.61. The van der Waals surface area contributed by atoms with Gasteiger partial charge in [-0.25, -0.2) is 4.79 Å². The highest BCUT2D eigenvalue weighted by Gasteiger charge is 2.50. The summed E-state index contributed by atoms with van der Waals surface area (Å²) in [5, 5.41) is 12.9. The number of nitrogens with zero attached hydrogens (tertiary/aromatic N) is 1. The van der Waals surface area contributed by atoms with Crippen LogP contribution in [-0.2, 0) is 16.9 Å². The molecule has 2 aliphatic rings. The van der Waals surface area contributed by atoms with Gasteiger partial charge in [-0.15, -0.1) is 0 Å². The zero-order valence-electron chi connectivity index (χ0n) is 17.6. The molecule has 2 fully saturated rings. The number of rotatable bonds is 4. The molecule has 2 aromatic carbocycles. The largest absolute Gasteiger partial charge is 0.445 e. The van der Waals surface area contributed by atoms with E-state index in [2.05, 4.69) is 37.8 Å². The Morgan fingerprint density at radius 3 is 2.34 bits per heavy atom. The monoisotopic (exact) mass is 409 g/mol. The van der Waals surface area contributed by atoms with Crippen LogP contribution in [0.1, 0.15) is 36.8 Å². The molecule has 4 rings (SSSR count). The summed E-state index contributed by atoms with van der Waals surface area (Å²) in [6, 6.07) is 18.4. The minimum atomic E-state index is -1.45. The third-order valence-electron chi connectivity index (χ3n) is 6.45. The highest BCUT2D eigenvalue weighted by atomic mass is 28.3. The molecule has 1 amide bonds. The van der Waals surface area contributed by atoms with E-state index in [1.807, 2.05) is 41.3 Å². The van der Waals surface area contributed by atoms with E-state index in [9.17, 15) is 9.90 Å². The van der Waals surface area contributed by atoms with E-state index in [0.29, 0.717) is 12.8 Å². The average molecular weight is 410 g/mol. The van der Waals surface area contributed by atoms with Gasteiger partial charge in [-0.2, -0.15) is 0 Å². The molecular weight excluding hydrogens is 378 g/mol. The quantitative estimate of drug-likeness (QED) is 0.762. The molecule has 2 atom stereocenters. The lowest BCUT2D eigenvalue weighted by Crippen LogP contribution is -2.52. The topological polar surface area (TPSA) is 49.8 Å². The van der Waals surface area contributed by atoms with Crippen LogP contribution in [0.4, 0.5) is 4.79 Å². The molecule has 2 aromatic rings. The van der Waals surface area contributed by atoms with Gasteiger partial charge in [0, 0.05) is 24.9 Å². The van der Waals surface area contributed by atoms with Gasteiger partial charge in [0.25, 0.3) is 0 Å². The van der Waals surface area contributed by atoms with Crippen molar-refractivity contribution in [3.05, 3.63) is 65.7 Å². The predicted octanol–water partition coefficient (Wildman–Crippen LogP) is 4.38. The average Bonchev–Trinajstić information content (AvgIpc) is 2.98. The summed E-state index contributed by atoms with van der Waals surface area (Å²) in [4.78, 5) is 14.7. The van der Waals surface area contributed by atoms with Crippen LogP contribution in [0.25, 0.3) is 0 Å². The SMILES string of the molecule is C[Si](C)(C)c1cccc(C2(O)CC3CCC(C2)N3C(=O)OCc2ccccc2)c1. The number of aliphatic hydroxyl groups is 1. The van der Waals surface area contributed by atoms with Crippen molar-refractivity contribution in [1.29, 1.82) is 0 Å². The highest BCUT2D eigenvalue weighted by molar-refractivity contribution is 6.88. The minimum absolute atomic E-state index is 0.0394. The first-order chi connectivity index (χ1) is 13.8. The number of fused-ring (bicyclic) bond motifs is 2. The van der Waals surface area contributed by atoms with Gasteiger partial charge in [0.1, 0.15) is 6.61 Å². The standard InChI is InChI=1S/C24H31NO3Si/c1-29(2,3)22-11-7-10-19(14-22)24(27)15-20-12-13-21(16-24)25(20)23(26)28-17-18-8-5-4-6-9-18/h4-11,14,20-21,27H,12-13,15-17H2,1-3H3. The molecule has 0 spiro atoms. The fourth-order valence-electron chi connectivity index (χ4n) is 4.83. The van der Waals surface area contributed by atoms with Crippen LogP contribution >= 0.6 is 0 Å². The Balaban J connectivity index is 1.48. The molecule has 0 aromatic heterocycles. The molecule has 29 heavy (non-hydrogen) atoms. The van der Waals surface area contributed by atoms with Crippen molar-refractivity contribution >= 4 is 19.4 Å². The van der Waals surface area contributed by atoms with Gasteiger partial charge in [-0.1, -0.05) is 79.4 Å². The Kier molecular flexibility index (Phi) is 5.30. The molecular formula is C24H31NO3Si. The predicted molar refractivity (Wildman–Crippen MR) is 118 cm³/mol. The molecule has 0 radical (unpaired) electrons. The molecule has 0 aliphatic carbocycles. The first-order valence-corrected chi connectivity index (χ1v) is 14.1. The number of amides is 1. The smallest absolute Gasteiger partial charge is 0.410 e. The molecule has 154 valence electrons. The van der Waals surface area contributed by atoms with Gasteiger partial charge >= 0.3 is 6.09 Å². The lowest BCUT2D eigenvalue weighted by Gasteiger charge is -2.43. The normalized spacial score (nSPS) is 26.4. The fourth-order valence-corrected chi connectivity index (χ4v) is 6.01. The highest BCUT2D eigenvalue weighted by Crippen LogP contribution is 2.45. The second-order valence-electron chi connectivity index (χ2n) is 9.60. The molecule has 2 bridgehead atoms. The summed E-state index contributed by atoms with van der Waals surface area (Å²) < 4.78 is 5.60. The van der Waals surface area contributed by atoms with Gasteiger partial charge in [0.05, 0.1) is 13.7 Å². The lowest BCUT2D eigenvalue weighted by atomic mass is 9.80. The Labute approximate surface area is 174 Å². The van der Waals surface area contributed by atoms with Gasteiger partial charge < -0.3 is 14.7 Å². The van der Waals surface area contributed by atoms with E-state index >= 15 is 0 Å². The van der Waals surface area contributed by atoms with Crippen LogP contribution in [0.3, 0.4) is 0 Å². The van der Waals surface area contributed by atoms with E-state index in [4.69, 9.17) is 4.74 Å². The zero-order valence-corrected chi connectivity index (χ0v) is 18.6. The maximum absolute atomic E-state index is 12.8. The van der Waals surface area contributed by atoms with Crippen molar-refractivity contribution < 1.29 is 14.6 Å². The summed E-state index contributed by atoms with van der Waals surface area (Å²) in [6.45, 7) is 7.26. The Hall–Kier alpha value is -2.11. The van der Waals surface area contributed by atoms with Crippen LogP contribution < -0.4 is 5.19 Å². The summed E-state index contributed by atoms with van der Waals surface area (Å²) in [7, 11) is -1.45. The third-order valence-corrected chi connectivity index (χ3v) is 8.49. The van der Waals surface area contributed by atoms with Crippen molar-refractivity contribution in [3.8, 4) is 0 Å². The molecule has 2 heterocycles. The summed E-state index contributed by atoms with van der Waals surface area (Å²) in [5.41, 5.74) is 1.13. The maximum atomic E-state index is 12.8. The van der Waals surface area contributed by atoms with Crippen molar-refractivity contribution in [2.75, 3.05) is 0 Å². The van der Waals surface area contributed by atoms with E-state index in [-0.39, 0.29) is 24.8 Å². The third kappa shape index (κ3) is 4.12. The van der Waals surface area contributed by atoms with Crippen LogP contribution in [0.15, 0.2) is 54.6 Å². The molecule has 0 saturated carbocycles. The van der Waals surface area contributed by atoms with Gasteiger partial charge in [0.15, 0.2) is 0 Å². The number of piperidine rings is 1. The van der Waals surface area contributed by atoms with Gasteiger partial charge in [-0.05, 0) is 24.0 Å². The molecule has 4 nitrogen and oxygen atoms in total. The lowest BCUT2D eigenvalue weighted by molar-refractivity contribution is -0.0536.